The number of nitrogens with one attached hydrogen (secondary N) is 1. The largest absolute Gasteiger partial charge is 0.370 e. The van der Waals surface area contributed by atoms with Crippen LogP contribution in [0, 0.1) is 5.92 Å². The highest BCUT2D eigenvalue weighted by Crippen LogP contribution is 2.21. The molecule has 3 atom stereocenters. The Bertz CT molecular complexity index is 503. The molecule has 162 valence electrons. The third-order valence-electron chi connectivity index (χ3n) is 6.24. The van der Waals surface area contributed by atoms with Crippen molar-refractivity contribution < 1.29 is 10.0 Å². The first kappa shape index (κ1) is 23.2. The Morgan fingerprint density at radius 2 is 1.93 bits per heavy atom. The van der Waals surface area contributed by atoms with Crippen molar-refractivity contribution in [3.8, 4) is 0 Å². The van der Waals surface area contributed by atoms with Crippen molar-refractivity contribution in [3.63, 3.8) is 0 Å². The van der Waals surface area contributed by atoms with Gasteiger partial charge < -0.3 is 16.6 Å². The van der Waals surface area contributed by atoms with Crippen LogP contribution in [0.1, 0.15) is 78.1 Å². The molecule has 0 aromatic rings. The highest BCUT2D eigenvalue weighted by atomic mass is 16.3. The Balaban J connectivity index is 1.69. The van der Waals surface area contributed by atoms with Crippen molar-refractivity contribution in [3.05, 3.63) is 12.2 Å². The molecule has 6 heteroatoms. The summed E-state index contributed by atoms with van der Waals surface area (Å²) in [5.41, 5.74) is 10.1. The highest BCUT2D eigenvalue weighted by Gasteiger charge is 2.48. The first-order valence-electron chi connectivity index (χ1n) is 11.5. The van der Waals surface area contributed by atoms with E-state index in [0.29, 0.717) is 12.7 Å². The van der Waals surface area contributed by atoms with E-state index in [1.54, 1.807) is 0 Å². The summed E-state index contributed by atoms with van der Waals surface area (Å²) in [6, 6.07) is 0. The molecule has 0 aromatic carbocycles. The van der Waals surface area contributed by atoms with E-state index in [0.717, 1.165) is 57.7 Å². The Morgan fingerprint density at radius 1 is 1.18 bits per heavy atom. The number of nitrogens with two attached hydrogens (primary N) is 2. The minimum absolute atomic E-state index is 0.178. The number of hydrogen-bond donors (Lipinski definition) is 4. The maximum Gasteiger partial charge on any atom is 0.220 e. The van der Waals surface area contributed by atoms with Crippen molar-refractivity contribution in [1.82, 2.24) is 4.90 Å². The minimum Gasteiger partial charge on any atom is -0.370 e. The number of quaternary nitrogens is 1. The van der Waals surface area contributed by atoms with Crippen molar-refractivity contribution in [1.29, 1.82) is 0 Å². The smallest absolute Gasteiger partial charge is 0.220 e. The van der Waals surface area contributed by atoms with E-state index >= 15 is 0 Å². The van der Waals surface area contributed by atoms with Gasteiger partial charge in [-0.1, -0.05) is 46.0 Å². The summed E-state index contributed by atoms with van der Waals surface area (Å²) in [4.78, 5) is 7.92. The van der Waals surface area contributed by atoms with E-state index in [4.69, 9.17) is 11.5 Å². The van der Waals surface area contributed by atoms with E-state index in [9.17, 15) is 5.11 Å². The molecule has 0 saturated carbocycles. The van der Waals surface area contributed by atoms with E-state index in [1.165, 1.54) is 37.0 Å². The van der Waals surface area contributed by atoms with Gasteiger partial charge in [-0.05, 0) is 31.3 Å². The van der Waals surface area contributed by atoms with Gasteiger partial charge >= 0.3 is 0 Å². The second-order valence-corrected chi connectivity index (χ2v) is 9.11. The van der Waals surface area contributed by atoms with Gasteiger partial charge in [0.05, 0.1) is 6.54 Å². The summed E-state index contributed by atoms with van der Waals surface area (Å²) in [5, 5.41) is 11.3. The number of aliphatic hydroxyl groups is 1. The van der Waals surface area contributed by atoms with Crippen LogP contribution in [0.4, 0.5) is 0 Å². The van der Waals surface area contributed by atoms with E-state index < -0.39 is 5.72 Å². The third kappa shape index (κ3) is 7.37. The molecular weight excluding hydrogens is 350 g/mol. The maximum absolute atomic E-state index is 11.3. The Kier molecular flexibility index (Phi) is 9.75. The molecule has 28 heavy (non-hydrogen) atoms. The van der Waals surface area contributed by atoms with Crippen LogP contribution in [0.3, 0.4) is 0 Å². The Morgan fingerprint density at radius 3 is 2.68 bits per heavy atom. The minimum atomic E-state index is -0.667. The molecule has 0 amide bonds. The molecule has 2 aliphatic heterocycles. The van der Waals surface area contributed by atoms with Crippen LogP contribution in [0.2, 0.25) is 0 Å². The van der Waals surface area contributed by atoms with Gasteiger partial charge in [0.2, 0.25) is 5.72 Å². The molecule has 2 aliphatic rings. The fourth-order valence-corrected chi connectivity index (χ4v) is 4.65. The lowest BCUT2D eigenvalue weighted by Gasteiger charge is -2.42. The Hall–Kier alpha value is -1.11. The number of guanidine groups is 1. The molecule has 2 heterocycles. The van der Waals surface area contributed by atoms with Gasteiger partial charge in [-0.25, -0.2) is 0 Å². The SMILES string of the molecule is CC(C)CCCCCCCC1(O)C=CC2N(CCCCN=C(N)N)CCC[NH+]21. The molecule has 1 saturated heterocycles. The lowest BCUT2D eigenvalue weighted by molar-refractivity contribution is -0.995. The van der Waals surface area contributed by atoms with Crippen LogP contribution in [-0.4, -0.2) is 54.0 Å². The van der Waals surface area contributed by atoms with Crippen molar-refractivity contribution in [2.45, 2.75) is 89.9 Å². The first-order valence-corrected chi connectivity index (χ1v) is 11.5. The van der Waals surface area contributed by atoms with Crippen LogP contribution >= 0.6 is 0 Å². The molecule has 0 aliphatic carbocycles. The normalized spacial score (nSPS) is 27.3. The third-order valence-corrected chi connectivity index (χ3v) is 6.24. The zero-order chi connectivity index (χ0) is 20.4. The summed E-state index contributed by atoms with van der Waals surface area (Å²) in [7, 11) is 0. The molecule has 0 bridgehead atoms. The quantitative estimate of drug-likeness (QED) is 0.165. The van der Waals surface area contributed by atoms with Gasteiger partial charge in [0.1, 0.15) is 0 Å². The monoisotopic (exact) mass is 394 g/mol. The van der Waals surface area contributed by atoms with Gasteiger partial charge in [-0.2, -0.15) is 0 Å². The molecule has 0 aromatic heterocycles. The zero-order valence-electron chi connectivity index (χ0n) is 18.2. The van der Waals surface area contributed by atoms with Crippen LogP contribution in [0.25, 0.3) is 0 Å². The number of rotatable bonds is 13. The van der Waals surface area contributed by atoms with Gasteiger partial charge in [-0.15, -0.1) is 0 Å². The van der Waals surface area contributed by atoms with Crippen LogP contribution in [-0.2, 0) is 0 Å². The molecule has 6 N–H and O–H groups in total. The van der Waals surface area contributed by atoms with Crippen molar-refractivity contribution in [2.75, 3.05) is 26.2 Å². The topological polar surface area (TPSA) is 92.3 Å². The molecule has 0 radical (unpaired) electrons. The van der Waals surface area contributed by atoms with Gasteiger partial charge in [-0.3, -0.25) is 14.8 Å². The van der Waals surface area contributed by atoms with E-state index in [-0.39, 0.29) is 5.96 Å². The van der Waals surface area contributed by atoms with Crippen LogP contribution in [0.15, 0.2) is 17.1 Å². The molecular formula is C22H44N5O+. The van der Waals surface area contributed by atoms with Gasteiger partial charge in [0.25, 0.3) is 0 Å². The van der Waals surface area contributed by atoms with Crippen LogP contribution < -0.4 is 16.4 Å². The first-order chi connectivity index (χ1) is 13.4. The van der Waals surface area contributed by atoms with Crippen molar-refractivity contribution >= 4 is 5.96 Å². The lowest BCUT2D eigenvalue weighted by atomic mass is 10.0. The summed E-state index contributed by atoms with van der Waals surface area (Å²) >= 11 is 0. The second kappa shape index (κ2) is 11.8. The number of nitrogens with zero attached hydrogens (tertiary/aromatic N) is 2. The summed E-state index contributed by atoms with van der Waals surface area (Å²) in [6.07, 6.45) is 16.5. The maximum atomic E-state index is 11.3. The number of unbranched alkanes of at least 4 members (excludes halogenated alkanes) is 5. The summed E-state index contributed by atoms with van der Waals surface area (Å²) in [5.74, 6) is 0.996. The fraction of sp³-hybridized carbons (Fsp3) is 0.864. The average molecular weight is 395 g/mol. The van der Waals surface area contributed by atoms with Crippen LogP contribution in [0.5, 0.6) is 0 Å². The van der Waals surface area contributed by atoms with Crippen molar-refractivity contribution in [2.24, 2.45) is 22.4 Å². The standard InChI is InChI=1S/C22H43N5O/c1-19(2)11-6-4-3-5-7-13-22(28)14-12-20-26(17-10-18-27(20)22)16-9-8-15-25-21(23)24/h12,14,19-20,28H,3-11,13,15-18H2,1-2H3,(H4,23,24,25)/p+1. The van der Waals surface area contributed by atoms with Gasteiger partial charge in [0.15, 0.2) is 12.1 Å². The van der Waals surface area contributed by atoms with Gasteiger partial charge in [0, 0.05) is 38.6 Å². The highest BCUT2D eigenvalue weighted by molar-refractivity contribution is 5.75. The molecule has 0 spiro atoms. The molecule has 2 rings (SSSR count). The van der Waals surface area contributed by atoms with E-state index in [1.807, 2.05) is 0 Å². The van der Waals surface area contributed by atoms with E-state index in [2.05, 4.69) is 35.9 Å². The molecule has 1 fully saturated rings. The predicted octanol–water partition coefficient (Wildman–Crippen LogP) is 1.60. The summed E-state index contributed by atoms with van der Waals surface area (Å²) < 4.78 is 0. The zero-order valence-corrected chi connectivity index (χ0v) is 18.2. The Labute approximate surface area is 172 Å². The number of fused-ring (bicyclic) bond motifs is 1. The fourth-order valence-electron chi connectivity index (χ4n) is 4.65. The predicted molar refractivity (Wildman–Crippen MR) is 117 cm³/mol. The number of aliphatic imine (C=N–C) groups is 1. The summed E-state index contributed by atoms with van der Waals surface area (Å²) in [6.45, 7) is 8.53. The molecule has 3 unspecified atom stereocenters. The average Bonchev–Trinajstić information content (AvgIpc) is 2.98. The lowest BCUT2D eigenvalue weighted by Crippen LogP contribution is -3.24. The number of hydrogen-bond acceptors (Lipinski definition) is 3. The second-order valence-electron chi connectivity index (χ2n) is 9.11. The molecule has 6 nitrogen and oxygen atoms in total.